The highest BCUT2D eigenvalue weighted by Gasteiger charge is 2.53. The highest BCUT2D eigenvalue weighted by atomic mass is 16.7. The van der Waals surface area contributed by atoms with Crippen molar-refractivity contribution >= 4 is 5.91 Å². The standard InChI is InChI=1S/C21H33N5O10/c1-8(27)24-9-2-4-23-10(6-9)17(36-20-16(32)13(29)11(7-22)34-20)18-14(30)15(31)19(35-18)26-5-3-12(28)25-21(26)33/h3,5,9-11,13-20,23,29-32H,2,4,6-7,22H2,1H3,(H,24,27)(H,25,28,33)/t9-,10-,11+,13+,14-,15+,16+,17+,18-,19+,20-/m0/s1. The summed E-state index contributed by atoms with van der Waals surface area (Å²) in [5, 5.41) is 48.4. The quantitative estimate of drug-likeness (QED) is 0.171. The zero-order valence-electron chi connectivity index (χ0n) is 19.6. The maximum atomic E-state index is 12.3. The molecule has 0 spiro atoms. The van der Waals surface area contributed by atoms with Crippen LogP contribution in [0, 0.1) is 0 Å². The third kappa shape index (κ3) is 5.39. The summed E-state index contributed by atoms with van der Waals surface area (Å²) in [5.74, 6) is -0.216. The monoisotopic (exact) mass is 515 g/mol. The maximum absolute atomic E-state index is 12.3. The summed E-state index contributed by atoms with van der Waals surface area (Å²) in [6, 6.07) is 0.291. The molecule has 0 aliphatic carbocycles. The number of hydrogen-bond donors (Lipinski definition) is 8. The Morgan fingerprint density at radius 1 is 1.22 bits per heavy atom. The fourth-order valence-electron chi connectivity index (χ4n) is 5.01. The SMILES string of the molecule is CC(=O)N[C@H]1CCN[C@H]([C@@H](O[C@@H]2O[C@H](CN)[C@@H](O)[C@H]2O)[C@H]2O[C@@H](n3ccc(=O)[nH]c3=O)[C@H](O)[C@@H]2O)C1. The lowest BCUT2D eigenvalue weighted by molar-refractivity contribution is -0.228. The van der Waals surface area contributed by atoms with Gasteiger partial charge in [0.1, 0.15) is 42.7 Å². The van der Waals surface area contributed by atoms with Gasteiger partial charge in [0.2, 0.25) is 5.91 Å². The van der Waals surface area contributed by atoms with Gasteiger partial charge < -0.3 is 51.0 Å². The molecule has 4 rings (SSSR count). The topological polar surface area (TPSA) is 231 Å². The van der Waals surface area contributed by atoms with Gasteiger partial charge in [0.05, 0.1) is 0 Å². The zero-order chi connectivity index (χ0) is 26.1. The third-order valence-corrected chi connectivity index (χ3v) is 6.81. The molecule has 0 aromatic carbocycles. The van der Waals surface area contributed by atoms with Gasteiger partial charge in [-0.15, -0.1) is 0 Å². The maximum Gasteiger partial charge on any atom is 0.330 e. The number of piperidine rings is 1. The molecule has 3 aliphatic heterocycles. The van der Waals surface area contributed by atoms with Crippen molar-refractivity contribution in [3.05, 3.63) is 33.1 Å². The molecule has 1 aromatic heterocycles. The zero-order valence-corrected chi connectivity index (χ0v) is 19.6. The van der Waals surface area contributed by atoms with E-state index in [-0.39, 0.29) is 18.5 Å². The normalized spacial score (nSPS) is 39.7. The average molecular weight is 516 g/mol. The number of aliphatic hydroxyl groups is 4. The van der Waals surface area contributed by atoms with E-state index in [1.165, 1.54) is 6.92 Å². The smallest absolute Gasteiger partial charge is 0.330 e. The second-order valence-corrected chi connectivity index (χ2v) is 9.33. The summed E-state index contributed by atoms with van der Waals surface area (Å²) in [6.45, 7) is 1.80. The number of carbonyl (C=O) groups is 1. The third-order valence-electron chi connectivity index (χ3n) is 6.81. The van der Waals surface area contributed by atoms with E-state index in [1.807, 2.05) is 0 Å². The fourth-order valence-corrected chi connectivity index (χ4v) is 5.01. The van der Waals surface area contributed by atoms with Crippen molar-refractivity contribution in [2.45, 2.75) is 87.1 Å². The first-order valence-electron chi connectivity index (χ1n) is 11.8. The molecule has 9 N–H and O–H groups in total. The van der Waals surface area contributed by atoms with Gasteiger partial charge >= 0.3 is 5.69 Å². The van der Waals surface area contributed by atoms with E-state index in [0.29, 0.717) is 19.4 Å². The van der Waals surface area contributed by atoms with Crippen LogP contribution in [0.4, 0.5) is 0 Å². The minimum Gasteiger partial charge on any atom is -0.387 e. The van der Waals surface area contributed by atoms with Gasteiger partial charge in [0.15, 0.2) is 12.5 Å². The molecule has 0 bridgehead atoms. The lowest BCUT2D eigenvalue weighted by atomic mass is 9.90. The highest BCUT2D eigenvalue weighted by molar-refractivity contribution is 5.73. The Balaban J connectivity index is 1.61. The number of nitrogens with zero attached hydrogens (tertiary/aromatic N) is 1. The molecule has 36 heavy (non-hydrogen) atoms. The van der Waals surface area contributed by atoms with E-state index in [4.69, 9.17) is 19.9 Å². The Hall–Kier alpha value is -2.21. The molecule has 3 fully saturated rings. The number of H-pyrrole nitrogens is 1. The summed E-state index contributed by atoms with van der Waals surface area (Å²) in [6.07, 6.45) is -9.63. The molecule has 1 amide bonds. The molecule has 0 unspecified atom stereocenters. The number of amides is 1. The van der Waals surface area contributed by atoms with E-state index in [2.05, 4.69) is 15.6 Å². The van der Waals surface area contributed by atoms with Crippen LogP contribution < -0.4 is 27.6 Å². The predicted molar refractivity (Wildman–Crippen MR) is 120 cm³/mol. The number of aromatic nitrogens is 2. The Bertz CT molecular complexity index is 1030. The molecule has 15 nitrogen and oxygen atoms in total. The number of carbonyl (C=O) groups excluding carboxylic acids is 1. The van der Waals surface area contributed by atoms with Crippen molar-refractivity contribution in [1.82, 2.24) is 20.2 Å². The number of nitrogens with two attached hydrogens (primary N) is 1. The minimum atomic E-state index is -1.57. The summed E-state index contributed by atoms with van der Waals surface area (Å²) >= 11 is 0. The first kappa shape index (κ1) is 26.8. The lowest BCUT2D eigenvalue weighted by Crippen LogP contribution is -2.58. The Kier molecular flexibility index (Phi) is 8.23. The molecule has 3 aliphatic rings. The van der Waals surface area contributed by atoms with Crippen LogP contribution in [-0.4, -0.2) is 110 Å². The summed E-state index contributed by atoms with van der Waals surface area (Å²) < 4.78 is 18.5. The largest absolute Gasteiger partial charge is 0.387 e. The van der Waals surface area contributed by atoms with Gasteiger partial charge in [-0.25, -0.2) is 4.79 Å². The molecule has 0 saturated carbocycles. The van der Waals surface area contributed by atoms with E-state index in [1.54, 1.807) is 0 Å². The average Bonchev–Trinajstić information content (AvgIpc) is 3.27. The molecule has 1 aromatic rings. The van der Waals surface area contributed by atoms with Crippen LogP contribution in [0.15, 0.2) is 21.9 Å². The molecular formula is C21H33N5O10. The molecule has 3 saturated heterocycles. The summed E-state index contributed by atoms with van der Waals surface area (Å²) in [4.78, 5) is 37.4. The number of hydrogen-bond acceptors (Lipinski definition) is 12. The van der Waals surface area contributed by atoms with Crippen molar-refractivity contribution in [3.8, 4) is 0 Å². The molecule has 202 valence electrons. The highest BCUT2D eigenvalue weighted by Crippen LogP contribution is 2.35. The van der Waals surface area contributed by atoms with Gasteiger partial charge in [-0.1, -0.05) is 0 Å². The minimum absolute atomic E-state index is 0.0759. The number of aliphatic hydroxyl groups excluding tert-OH is 4. The van der Waals surface area contributed by atoms with Crippen LogP contribution in [0.5, 0.6) is 0 Å². The number of ether oxygens (including phenoxy) is 3. The number of aromatic amines is 1. The van der Waals surface area contributed by atoms with Crippen LogP contribution in [0.25, 0.3) is 0 Å². The van der Waals surface area contributed by atoms with Gasteiger partial charge in [-0.3, -0.25) is 19.1 Å². The Morgan fingerprint density at radius 2 is 1.97 bits per heavy atom. The molecule has 4 heterocycles. The van der Waals surface area contributed by atoms with Gasteiger partial charge in [0, 0.05) is 37.8 Å². The fraction of sp³-hybridized carbons (Fsp3) is 0.762. The summed E-state index contributed by atoms with van der Waals surface area (Å²) in [7, 11) is 0. The van der Waals surface area contributed by atoms with Crippen LogP contribution in [-0.2, 0) is 19.0 Å². The van der Waals surface area contributed by atoms with Crippen molar-refractivity contribution in [1.29, 1.82) is 0 Å². The Morgan fingerprint density at radius 3 is 2.61 bits per heavy atom. The second kappa shape index (κ2) is 11.0. The molecule has 15 heteroatoms. The second-order valence-electron chi connectivity index (χ2n) is 9.33. The molecule has 11 atom stereocenters. The van der Waals surface area contributed by atoms with E-state index >= 15 is 0 Å². The van der Waals surface area contributed by atoms with Crippen molar-refractivity contribution < 1.29 is 39.4 Å². The van der Waals surface area contributed by atoms with Crippen molar-refractivity contribution in [3.63, 3.8) is 0 Å². The van der Waals surface area contributed by atoms with Crippen LogP contribution >= 0.6 is 0 Å². The molecular weight excluding hydrogens is 482 g/mol. The Labute approximate surface area is 205 Å². The van der Waals surface area contributed by atoms with Crippen LogP contribution in [0.2, 0.25) is 0 Å². The number of nitrogens with one attached hydrogen (secondary N) is 3. The van der Waals surface area contributed by atoms with E-state index < -0.39 is 72.5 Å². The first-order valence-corrected chi connectivity index (χ1v) is 11.8. The van der Waals surface area contributed by atoms with Gasteiger partial charge in [0.25, 0.3) is 5.56 Å². The van der Waals surface area contributed by atoms with Gasteiger partial charge in [-0.05, 0) is 19.4 Å². The predicted octanol–water partition coefficient (Wildman–Crippen LogP) is -4.80. The van der Waals surface area contributed by atoms with Gasteiger partial charge in [-0.2, -0.15) is 0 Å². The first-order chi connectivity index (χ1) is 17.1. The van der Waals surface area contributed by atoms with Crippen LogP contribution in [0.1, 0.15) is 26.0 Å². The van der Waals surface area contributed by atoms with E-state index in [0.717, 1.165) is 16.8 Å². The van der Waals surface area contributed by atoms with E-state index in [9.17, 15) is 34.8 Å². The van der Waals surface area contributed by atoms with Crippen LogP contribution in [0.3, 0.4) is 0 Å². The molecule has 0 radical (unpaired) electrons. The van der Waals surface area contributed by atoms with Crippen molar-refractivity contribution in [2.75, 3.05) is 13.1 Å². The van der Waals surface area contributed by atoms with Crippen molar-refractivity contribution in [2.24, 2.45) is 5.73 Å². The number of rotatable bonds is 7. The lowest BCUT2D eigenvalue weighted by Gasteiger charge is -2.39. The summed E-state index contributed by atoms with van der Waals surface area (Å²) in [5.41, 5.74) is 4.11.